The first kappa shape index (κ1) is 17.3. The third kappa shape index (κ3) is 5.32. The lowest BCUT2D eigenvalue weighted by atomic mass is 10.2. The lowest BCUT2D eigenvalue weighted by molar-refractivity contribution is -0.118. The van der Waals surface area contributed by atoms with Gasteiger partial charge in [0, 0.05) is 21.3 Å². The Labute approximate surface area is 144 Å². The van der Waals surface area contributed by atoms with E-state index in [1.54, 1.807) is 11.3 Å². The molecule has 0 aliphatic carbocycles. The summed E-state index contributed by atoms with van der Waals surface area (Å²) in [4.78, 5) is 16.4. The van der Waals surface area contributed by atoms with Gasteiger partial charge in [0.1, 0.15) is 0 Å². The van der Waals surface area contributed by atoms with Gasteiger partial charge >= 0.3 is 0 Å². The van der Waals surface area contributed by atoms with E-state index in [0.29, 0.717) is 17.3 Å². The minimum Gasteiger partial charge on any atom is -0.353 e. The van der Waals surface area contributed by atoms with Gasteiger partial charge in [-0.2, -0.15) is 0 Å². The van der Waals surface area contributed by atoms with Crippen LogP contribution in [-0.4, -0.2) is 37.2 Å². The summed E-state index contributed by atoms with van der Waals surface area (Å²) < 4.78 is 0. The molecule has 0 radical (unpaired) electrons. The van der Waals surface area contributed by atoms with Crippen molar-refractivity contribution in [1.82, 2.24) is 10.2 Å². The maximum absolute atomic E-state index is 12.0. The number of carbonyl (C=O) groups excluding carboxylic acids is 1. The highest BCUT2D eigenvalue weighted by Gasteiger charge is 2.16. The minimum atomic E-state index is 0.0448. The molecular formula is C16H19ClN2OS2. The van der Waals surface area contributed by atoms with E-state index >= 15 is 0 Å². The van der Waals surface area contributed by atoms with E-state index < -0.39 is 0 Å². The Kier molecular flexibility index (Phi) is 6.76. The van der Waals surface area contributed by atoms with E-state index in [2.05, 4.69) is 21.7 Å². The number of halogens is 1. The second kappa shape index (κ2) is 8.58. The molecule has 3 nitrogen and oxygen atoms in total. The zero-order valence-electron chi connectivity index (χ0n) is 12.6. The molecule has 0 aliphatic heterocycles. The monoisotopic (exact) mass is 354 g/mol. The molecular weight excluding hydrogens is 336 g/mol. The first-order valence-electron chi connectivity index (χ1n) is 6.91. The third-order valence-electron chi connectivity index (χ3n) is 3.17. The van der Waals surface area contributed by atoms with Crippen LogP contribution < -0.4 is 5.32 Å². The highest BCUT2D eigenvalue weighted by Crippen LogP contribution is 2.23. The molecule has 118 valence electrons. The Morgan fingerprint density at radius 3 is 2.64 bits per heavy atom. The Hall–Kier alpha value is -1.01. The van der Waals surface area contributed by atoms with Crippen molar-refractivity contribution in [3.63, 3.8) is 0 Å². The van der Waals surface area contributed by atoms with Gasteiger partial charge in [0.15, 0.2) is 0 Å². The van der Waals surface area contributed by atoms with Crippen LogP contribution >= 0.6 is 34.7 Å². The topological polar surface area (TPSA) is 32.3 Å². The molecule has 0 spiro atoms. The molecule has 6 heteroatoms. The molecule has 22 heavy (non-hydrogen) atoms. The molecule has 0 unspecified atom stereocenters. The zero-order chi connectivity index (χ0) is 15.9. The first-order chi connectivity index (χ1) is 10.6. The number of thiophene rings is 1. The van der Waals surface area contributed by atoms with Crippen LogP contribution in [0.3, 0.4) is 0 Å². The number of amides is 1. The van der Waals surface area contributed by atoms with Crippen LogP contribution in [0.4, 0.5) is 0 Å². The fourth-order valence-electron chi connectivity index (χ4n) is 1.96. The Bertz CT molecular complexity index is 585. The maximum atomic E-state index is 12.0. The van der Waals surface area contributed by atoms with Gasteiger partial charge in [0.25, 0.3) is 0 Å². The minimum absolute atomic E-state index is 0.0448. The number of benzene rings is 1. The van der Waals surface area contributed by atoms with Gasteiger partial charge in [-0.05, 0) is 49.8 Å². The normalized spacial score (nSPS) is 12.4. The van der Waals surface area contributed by atoms with Crippen molar-refractivity contribution in [2.24, 2.45) is 0 Å². The number of nitrogens with zero attached hydrogens (tertiary/aromatic N) is 1. The number of hydrogen-bond acceptors (Lipinski definition) is 4. The summed E-state index contributed by atoms with van der Waals surface area (Å²) in [6.07, 6.45) is 0. The molecule has 1 heterocycles. The first-order valence-corrected chi connectivity index (χ1v) is 9.15. The van der Waals surface area contributed by atoms with Crippen LogP contribution in [0.15, 0.2) is 46.7 Å². The second-order valence-corrected chi connectivity index (χ2v) is 7.51. The van der Waals surface area contributed by atoms with E-state index in [-0.39, 0.29) is 11.9 Å². The number of carbonyl (C=O) groups is 1. The average Bonchev–Trinajstić information content (AvgIpc) is 3.00. The number of hydrogen-bond donors (Lipinski definition) is 1. The molecule has 0 aliphatic rings. The Balaban J connectivity index is 1.80. The van der Waals surface area contributed by atoms with Gasteiger partial charge in [-0.3, -0.25) is 4.79 Å². The van der Waals surface area contributed by atoms with Gasteiger partial charge in [0.2, 0.25) is 5.91 Å². The van der Waals surface area contributed by atoms with Gasteiger partial charge in [-0.15, -0.1) is 23.1 Å². The number of thioether (sulfide) groups is 1. The standard InChI is InChI=1S/C16H19ClN2OS2/c1-19(2)14(15-4-3-9-21-15)10-18-16(20)11-22-13-7-5-12(17)6-8-13/h3-9,14H,10-11H2,1-2H3,(H,18,20)/t14-/m1/s1. The van der Waals surface area contributed by atoms with Crippen molar-refractivity contribution < 1.29 is 4.79 Å². The van der Waals surface area contributed by atoms with Crippen LogP contribution in [0.2, 0.25) is 5.02 Å². The summed E-state index contributed by atoms with van der Waals surface area (Å²) >= 11 is 9.07. The van der Waals surface area contributed by atoms with Crippen molar-refractivity contribution in [3.05, 3.63) is 51.7 Å². The van der Waals surface area contributed by atoms with Gasteiger partial charge in [0.05, 0.1) is 11.8 Å². The number of nitrogens with one attached hydrogen (secondary N) is 1. The van der Waals surface area contributed by atoms with Crippen molar-refractivity contribution in [2.75, 3.05) is 26.4 Å². The summed E-state index contributed by atoms with van der Waals surface area (Å²) in [5.74, 6) is 0.454. The zero-order valence-corrected chi connectivity index (χ0v) is 15.0. The summed E-state index contributed by atoms with van der Waals surface area (Å²) in [5.41, 5.74) is 0. The second-order valence-electron chi connectivity index (χ2n) is 5.04. The lowest BCUT2D eigenvalue weighted by Crippen LogP contribution is -2.35. The quantitative estimate of drug-likeness (QED) is 0.765. The fraction of sp³-hybridized carbons (Fsp3) is 0.312. The fourth-order valence-corrected chi connectivity index (χ4v) is 3.74. The van der Waals surface area contributed by atoms with Crippen LogP contribution in [-0.2, 0) is 4.79 Å². The maximum Gasteiger partial charge on any atom is 0.230 e. The average molecular weight is 355 g/mol. The highest BCUT2D eigenvalue weighted by atomic mass is 35.5. The van der Waals surface area contributed by atoms with E-state index in [9.17, 15) is 4.79 Å². The number of likely N-dealkylation sites (N-methyl/N-ethyl adjacent to an activating group) is 1. The number of rotatable bonds is 7. The molecule has 1 N–H and O–H groups in total. The molecule has 1 atom stereocenters. The molecule has 0 saturated carbocycles. The largest absolute Gasteiger partial charge is 0.353 e. The SMILES string of the molecule is CN(C)[C@H](CNC(=O)CSc1ccc(Cl)cc1)c1cccs1. The summed E-state index contributed by atoms with van der Waals surface area (Å²) in [5, 5.41) is 5.78. The van der Waals surface area contributed by atoms with Crippen LogP contribution in [0.25, 0.3) is 0 Å². The third-order valence-corrected chi connectivity index (χ3v) is 5.41. The Morgan fingerprint density at radius 2 is 2.05 bits per heavy atom. The lowest BCUT2D eigenvalue weighted by Gasteiger charge is -2.23. The molecule has 1 aromatic heterocycles. The summed E-state index contributed by atoms with van der Waals surface area (Å²) in [6, 6.07) is 11.9. The molecule has 2 rings (SSSR count). The van der Waals surface area contributed by atoms with E-state index in [1.165, 1.54) is 16.6 Å². The summed E-state index contributed by atoms with van der Waals surface area (Å²) in [7, 11) is 4.05. The predicted molar refractivity (Wildman–Crippen MR) is 95.9 cm³/mol. The summed E-state index contributed by atoms with van der Waals surface area (Å²) in [6.45, 7) is 0.619. The van der Waals surface area contributed by atoms with Crippen molar-refractivity contribution in [2.45, 2.75) is 10.9 Å². The van der Waals surface area contributed by atoms with Crippen molar-refractivity contribution in [3.8, 4) is 0 Å². The van der Waals surface area contributed by atoms with Crippen molar-refractivity contribution >= 4 is 40.6 Å². The van der Waals surface area contributed by atoms with E-state index in [4.69, 9.17) is 11.6 Å². The van der Waals surface area contributed by atoms with Crippen LogP contribution in [0, 0.1) is 0 Å². The van der Waals surface area contributed by atoms with Crippen LogP contribution in [0.5, 0.6) is 0 Å². The van der Waals surface area contributed by atoms with Crippen LogP contribution in [0.1, 0.15) is 10.9 Å². The molecule has 0 saturated heterocycles. The molecule has 0 bridgehead atoms. The van der Waals surface area contributed by atoms with E-state index in [0.717, 1.165) is 4.90 Å². The molecule has 1 aromatic carbocycles. The molecule has 2 aromatic rings. The Morgan fingerprint density at radius 1 is 1.32 bits per heavy atom. The smallest absolute Gasteiger partial charge is 0.230 e. The highest BCUT2D eigenvalue weighted by molar-refractivity contribution is 8.00. The van der Waals surface area contributed by atoms with Crippen molar-refractivity contribution in [1.29, 1.82) is 0 Å². The van der Waals surface area contributed by atoms with Gasteiger partial charge in [-0.1, -0.05) is 17.7 Å². The molecule has 1 amide bonds. The molecule has 0 fully saturated rings. The predicted octanol–water partition coefficient (Wildman–Crippen LogP) is 3.91. The van der Waals surface area contributed by atoms with Gasteiger partial charge < -0.3 is 10.2 Å². The van der Waals surface area contributed by atoms with E-state index in [1.807, 2.05) is 44.4 Å². The van der Waals surface area contributed by atoms with Gasteiger partial charge in [-0.25, -0.2) is 0 Å².